The summed E-state index contributed by atoms with van der Waals surface area (Å²) in [6, 6.07) is 12.5. The van der Waals surface area contributed by atoms with Crippen LogP contribution in [0, 0.1) is 12.7 Å². The predicted octanol–water partition coefficient (Wildman–Crippen LogP) is 3.17. The van der Waals surface area contributed by atoms with Crippen molar-refractivity contribution in [2.24, 2.45) is 5.73 Å². The Balaban J connectivity index is 2.05. The Labute approximate surface area is 106 Å². The van der Waals surface area contributed by atoms with Gasteiger partial charge in [0, 0.05) is 6.54 Å². The molecule has 0 bridgehead atoms. The second-order valence-electron chi connectivity index (χ2n) is 4.27. The standard InChI is InChI=1S/C15H16FNO/c1-11-2-4-15(5-3-11)18-10-13-6-12(9-17)7-14(16)8-13/h2-8H,9-10,17H2,1H3. The zero-order chi connectivity index (χ0) is 13.0. The van der Waals surface area contributed by atoms with Gasteiger partial charge in [-0.2, -0.15) is 0 Å². The summed E-state index contributed by atoms with van der Waals surface area (Å²) in [5.41, 5.74) is 8.25. The molecule has 0 aliphatic heterocycles. The average Bonchev–Trinajstić information content (AvgIpc) is 2.37. The fourth-order valence-corrected chi connectivity index (χ4v) is 1.72. The van der Waals surface area contributed by atoms with Crippen molar-refractivity contribution in [1.82, 2.24) is 0 Å². The van der Waals surface area contributed by atoms with Crippen molar-refractivity contribution in [3.05, 3.63) is 65.0 Å². The van der Waals surface area contributed by atoms with Gasteiger partial charge in [0.05, 0.1) is 0 Å². The number of hydrogen-bond donors (Lipinski definition) is 1. The second kappa shape index (κ2) is 5.65. The van der Waals surface area contributed by atoms with Gasteiger partial charge in [-0.15, -0.1) is 0 Å². The molecule has 0 aromatic heterocycles. The lowest BCUT2D eigenvalue weighted by molar-refractivity contribution is 0.305. The first-order valence-electron chi connectivity index (χ1n) is 5.85. The van der Waals surface area contributed by atoms with Crippen molar-refractivity contribution in [2.45, 2.75) is 20.1 Å². The van der Waals surface area contributed by atoms with Gasteiger partial charge in [0.25, 0.3) is 0 Å². The van der Waals surface area contributed by atoms with Crippen LogP contribution < -0.4 is 10.5 Å². The van der Waals surface area contributed by atoms with Crippen LogP contribution in [0.5, 0.6) is 5.75 Å². The SMILES string of the molecule is Cc1ccc(OCc2cc(F)cc(CN)c2)cc1. The van der Waals surface area contributed by atoms with Crippen LogP contribution >= 0.6 is 0 Å². The van der Waals surface area contributed by atoms with Crippen LogP contribution in [-0.2, 0) is 13.2 Å². The lowest BCUT2D eigenvalue weighted by atomic mass is 10.1. The molecule has 2 aromatic rings. The molecule has 0 aliphatic carbocycles. The largest absolute Gasteiger partial charge is 0.489 e. The minimum Gasteiger partial charge on any atom is -0.489 e. The highest BCUT2D eigenvalue weighted by Gasteiger charge is 2.01. The molecule has 0 heterocycles. The molecule has 2 N–H and O–H groups in total. The van der Waals surface area contributed by atoms with Crippen molar-refractivity contribution in [3.63, 3.8) is 0 Å². The second-order valence-corrected chi connectivity index (χ2v) is 4.27. The summed E-state index contributed by atoms with van der Waals surface area (Å²) in [6.07, 6.45) is 0. The Bertz CT molecular complexity index is 523. The zero-order valence-corrected chi connectivity index (χ0v) is 10.3. The molecule has 0 aliphatic rings. The Morgan fingerprint density at radius 2 is 1.72 bits per heavy atom. The van der Waals surface area contributed by atoms with Gasteiger partial charge < -0.3 is 10.5 Å². The predicted molar refractivity (Wildman–Crippen MR) is 69.8 cm³/mol. The molecule has 0 spiro atoms. The Morgan fingerprint density at radius 1 is 1.06 bits per heavy atom. The van der Waals surface area contributed by atoms with Crippen LogP contribution in [0.4, 0.5) is 4.39 Å². The number of benzene rings is 2. The summed E-state index contributed by atoms with van der Waals surface area (Å²) < 4.78 is 18.9. The lowest BCUT2D eigenvalue weighted by Crippen LogP contribution is -2.01. The summed E-state index contributed by atoms with van der Waals surface area (Å²) in [5.74, 6) is 0.500. The van der Waals surface area contributed by atoms with E-state index in [1.54, 1.807) is 0 Å². The quantitative estimate of drug-likeness (QED) is 0.898. The van der Waals surface area contributed by atoms with Crippen molar-refractivity contribution < 1.29 is 9.13 Å². The van der Waals surface area contributed by atoms with Crippen molar-refractivity contribution in [3.8, 4) is 5.75 Å². The first-order chi connectivity index (χ1) is 8.67. The van der Waals surface area contributed by atoms with E-state index in [9.17, 15) is 4.39 Å². The number of hydrogen-bond acceptors (Lipinski definition) is 2. The first kappa shape index (κ1) is 12.6. The molecule has 0 amide bonds. The third kappa shape index (κ3) is 3.31. The number of nitrogens with two attached hydrogens (primary N) is 1. The maximum atomic E-state index is 13.3. The van der Waals surface area contributed by atoms with Gasteiger partial charge in [-0.25, -0.2) is 4.39 Å². The summed E-state index contributed by atoms with van der Waals surface area (Å²) in [6.45, 7) is 2.69. The number of halogens is 1. The van der Waals surface area contributed by atoms with E-state index in [-0.39, 0.29) is 5.82 Å². The smallest absolute Gasteiger partial charge is 0.123 e. The molecule has 0 unspecified atom stereocenters. The van der Waals surface area contributed by atoms with E-state index in [0.717, 1.165) is 16.9 Å². The van der Waals surface area contributed by atoms with E-state index < -0.39 is 0 Å². The van der Waals surface area contributed by atoms with Gasteiger partial charge >= 0.3 is 0 Å². The minimum atomic E-state index is -0.277. The molecular weight excluding hydrogens is 229 g/mol. The number of rotatable bonds is 4. The van der Waals surface area contributed by atoms with Gasteiger partial charge in [-0.1, -0.05) is 23.8 Å². The molecule has 0 fully saturated rings. The maximum absolute atomic E-state index is 13.3. The Morgan fingerprint density at radius 3 is 2.39 bits per heavy atom. The van der Waals surface area contributed by atoms with E-state index in [4.69, 9.17) is 10.5 Å². The molecule has 0 saturated carbocycles. The minimum absolute atomic E-state index is 0.277. The molecule has 18 heavy (non-hydrogen) atoms. The molecule has 94 valence electrons. The molecule has 3 heteroatoms. The average molecular weight is 245 g/mol. The van der Waals surface area contributed by atoms with E-state index in [0.29, 0.717) is 13.2 Å². The molecule has 0 radical (unpaired) electrons. The topological polar surface area (TPSA) is 35.2 Å². The highest BCUT2D eigenvalue weighted by molar-refractivity contribution is 5.28. The molecule has 2 rings (SSSR count). The van der Waals surface area contributed by atoms with E-state index >= 15 is 0 Å². The third-order valence-electron chi connectivity index (χ3n) is 2.68. The summed E-state index contributed by atoms with van der Waals surface area (Å²) in [4.78, 5) is 0. The van der Waals surface area contributed by atoms with Gasteiger partial charge in [0.1, 0.15) is 18.2 Å². The first-order valence-corrected chi connectivity index (χ1v) is 5.85. The van der Waals surface area contributed by atoms with Gasteiger partial charge in [0.15, 0.2) is 0 Å². The highest BCUT2D eigenvalue weighted by atomic mass is 19.1. The fourth-order valence-electron chi connectivity index (χ4n) is 1.72. The molecular formula is C15H16FNO. The van der Waals surface area contributed by atoms with Crippen LogP contribution in [0.3, 0.4) is 0 Å². The zero-order valence-electron chi connectivity index (χ0n) is 10.3. The van der Waals surface area contributed by atoms with Gasteiger partial charge in [-0.3, -0.25) is 0 Å². The normalized spacial score (nSPS) is 10.4. The van der Waals surface area contributed by atoms with Gasteiger partial charge in [-0.05, 0) is 42.3 Å². The monoisotopic (exact) mass is 245 g/mol. The van der Waals surface area contributed by atoms with Crippen LogP contribution in [0.25, 0.3) is 0 Å². The fraction of sp³-hybridized carbons (Fsp3) is 0.200. The molecule has 2 nitrogen and oxygen atoms in total. The third-order valence-corrected chi connectivity index (χ3v) is 2.68. The molecule has 0 atom stereocenters. The summed E-state index contributed by atoms with van der Waals surface area (Å²) in [7, 11) is 0. The van der Waals surface area contributed by atoms with Crippen molar-refractivity contribution >= 4 is 0 Å². The summed E-state index contributed by atoms with van der Waals surface area (Å²) in [5, 5.41) is 0. The maximum Gasteiger partial charge on any atom is 0.123 e. The lowest BCUT2D eigenvalue weighted by Gasteiger charge is -2.08. The molecule has 2 aromatic carbocycles. The van der Waals surface area contributed by atoms with E-state index in [2.05, 4.69) is 0 Å². The van der Waals surface area contributed by atoms with Crippen LogP contribution in [0.2, 0.25) is 0 Å². The van der Waals surface area contributed by atoms with Crippen LogP contribution in [-0.4, -0.2) is 0 Å². The number of aryl methyl sites for hydroxylation is 1. The Kier molecular flexibility index (Phi) is 3.95. The van der Waals surface area contributed by atoms with Gasteiger partial charge in [0.2, 0.25) is 0 Å². The van der Waals surface area contributed by atoms with Crippen LogP contribution in [0.1, 0.15) is 16.7 Å². The molecule has 0 saturated heterocycles. The number of ether oxygens (including phenoxy) is 1. The van der Waals surface area contributed by atoms with E-state index in [1.807, 2.05) is 37.3 Å². The van der Waals surface area contributed by atoms with E-state index in [1.165, 1.54) is 17.7 Å². The van der Waals surface area contributed by atoms with Crippen LogP contribution in [0.15, 0.2) is 42.5 Å². The summed E-state index contributed by atoms with van der Waals surface area (Å²) >= 11 is 0. The Hall–Kier alpha value is -1.87. The highest BCUT2D eigenvalue weighted by Crippen LogP contribution is 2.15. The van der Waals surface area contributed by atoms with Crippen molar-refractivity contribution in [1.29, 1.82) is 0 Å². The van der Waals surface area contributed by atoms with Crippen molar-refractivity contribution in [2.75, 3.05) is 0 Å².